The van der Waals surface area contributed by atoms with E-state index in [0.29, 0.717) is 0 Å². The molecule has 0 saturated heterocycles. The predicted octanol–water partition coefficient (Wildman–Crippen LogP) is 4.45. The van der Waals surface area contributed by atoms with Gasteiger partial charge in [-0.15, -0.1) is 0 Å². The number of aromatic nitrogens is 1. The fourth-order valence-electron chi connectivity index (χ4n) is 2.51. The van der Waals surface area contributed by atoms with Gasteiger partial charge < -0.3 is 10.2 Å². The van der Waals surface area contributed by atoms with Gasteiger partial charge in [-0.05, 0) is 59.7 Å². The minimum absolute atomic E-state index is 0.736. The molecule has 3 nitrogen and oxygen atoms in total. The van der Waals surface area contributed by atoms with E-state index in [-0.39, 0.29) is 0 Å². The van der Waals surface area contributed by atoms with Gasteiger partial charge >= 0.3 is 0 Å². The van der Waals surface area contributed by atoms with Gasteiger partial charge in [-0.2, -0.15) is 0 Å². The van der Waals surface area contributed by atoms with E-state index in [4.69, 9.17) is 12.2 Å². The molecule has 116 valence electrons. The lowest BCUT2D eigenvalue weighted by Gasteiger charge is -2.24. The third kappa shape index (κ3) is 3.85. The molecule has 1 N–H and O–H groups in total. The molecule has 0 saturated carbocycles. The molecule has 0 amide bonds. The molecular weight excluding hydrogens is 302 g/mol. The molecule has 3 aromatic rings. The Labute approximate surface area is 142 Å². The predicted molar refractivity (Wildman–Crippen MR) is 100 cm³/mol. The first-order valence-electron chi connectivity index (χ1n) is 7.70. The van der Waals surface area contributed by atoms with Gasteiger partial charge in [0.1, 0.15) is 0 Å². The molecular formula is C19H19N3S. The second-order valence-corrected chi connectivity index (χ2v) is 5.75. The maximum Gasteiger partial charge on any atom is 0.173 e. The van der Waals surface area contributed by atoms with Crippen LogP contribution >= 0.6 is 12.2 Å². The number of rotatable bonds is 4. The minimum Gasteiger partial charge on any atom is -0.345 e. The third-order valence-corrected chi connectivity index (χ3v) is 4.15. The van der Waals surface area contributed by atoms with Crippen molar-refractivity contribution in [3.8, 4) is 0 Å². The molecule has 0 radical (unpaired) electrons. The SMILES string of the molecule is CCN(Cc1ccncc1)C(=S)Nc1ccc2ccccc2c1. The van der Waals surface area contributed by atoms with Crippen molar-refractivity contribution < 1.29 is 0 Å². The first-order chi connectivity index (χ1) is 11.3. The molecule has 0 fully saturated rings. The fourth-order valence-corrected chi connectivity index (χ4v) is 2.82. The van der Waals surface area contributed by atoms with E-state index in [1.54, 1.807) is 0 Å². The monoisotopic (exact) mass is 321 g/mol. The average Bonchev–Trinajstić information content (AvgIpc) is 2.60. The standard InChI is InChI=1S/C19H19N3S/c1-2-22(14-15-9-11-20-12-10-15)19(23)21-18-8-7-16-5-3-4-6-17(16)13-18/h3-13H,2,14H2,1H3,(H,21,23). The lowest BCUT2D eigenvalue weighted by atomic mass is 10.1. The van der Waals surface area contributed by atoms with Crippen molar-refractivity contribution in [3.05, 3.63) is 72.6 Å². The zero-order chi connectivity index (χ0) is 16.1. The molecule has 2 aromatic carbocycles. The van der Waals surface area contributed by atoms with Crippen LogP contribution in [0.4, 0.5) is 5.69 Å². The molecule has 1 heterocycles. The van der Waals surface area contributed by atoms with Crippen molar-refractivity contribution in [1.82, 2.24) is 9.88 Å². The van der Waals surface area contributed by atoms with Gasteiger partial charge in [-0.3, -0.25) is 4.98 Å². The molecule has 3 rings (SSSR count). The van der Waals surface area contributed by atoms with Crippen molar-refractivity contribution in [1.29, 1.82) is 0 Å². The molecule has 0 atom stereocenters. The van der Waals surface area contributed by atoms with Gasteiger partial charge in [0.15, 0.2) is 5.11 Å². The summed E-state index contributed by atoms with van der Waals surface area (Å²) >= 11 is 5.58. The molecule has 1 aromatic heterocycles. The normalized spacial score (nSPS) is 10.5. The van der Waals surface area contributed by atoms with Gasteiger partial charge in [0.25, 0.3) is 0 Å². The number of hydrogen-bond donors (Lipinski definition) is 1. The zero-order valence-corrected chi connectivity index (χ0v) is 13.9. The van der Waals surface area contributed by atoms with Crippen molar-refractivity contribution >= 4 is 33.8 Å². The number of benzene rings is 2. The molecule has 0 spiro atoms. The quantitative estimate of drug-likeness (QED) is 0.718. The second-order valence-electron chi connectivity index (χ2n) is 5.36. The third-order valence-electron chi connectivity index (χ3n) is 3.79. The van der Waals surface area contributed by atoms with Crippen LogP contribution in [0, 0.1) is 0 Å². The number of anilines is 1. The molecule has 4 heteroatoms. The summed E-state index contributed by atoms with van der Waals surface area (Å²) in [4.78, 5) is 6.19. The number of nitrogens with one attached hydrogen (secondary N) is 1. The van der Waals surface area contributed by atoms with Crippen LogP contribution in [0.5, 0.6) is 0 Å². The topological polar surface area (TPSA) is 28.2 Å². The Morgan fingerprint density at radius 2 is 1.78 bits per heavy atom. The smallest absolute Gasteiger partial charge is 0.173 e. The van der Waals surface area contributed by atoms with Gasteiger partial charge in [0.05, 0.1) is 0 Å². The van der Waals surface area contributed by atoms with Gasteiger partial charge in [0.2, 0.25) is 0 Å². The van der Waals surface area contributed by atoms with E-state index in [1.165, 1.54) is 16.3 Å². The lowest BCUT2D eigenvalue weighted by Crippen LogP contribution is -2.34. The summed E-state index contributed by atoms with van der Waals surface area (Å²) in [5.74, 6) is 0. The fraction of sp³-hybridized carbons (Fsp3) is 0.158. The summed E-state index contributed by atoms with van der Waals surface area (Å²) in [5, 5.41) is 6.52. The van der Waals surface area contributed by atoms with E-state index in [1.807, 2.05) is 36.7 Å². The van der Waals surface area contributed by atoms with Crippen molar-refractivity contribution in [2.75, 3.05) is 11.9 Å². The highest BCUT2D eigenvalue weighted by Gasteiger charge is 2.09. The maximum absolute atomic E-state index is 5.58. The van der Waals surface area contributed by atoms with Crippen molar-refractivity contribution in [3.63, 3.8) is 0 Å². The maximum atomic E-state index is 5.58. The van der Waals surface area contributed by atoms with E-state index >= 15 is 0 Å². The van der Waals surface area contributed by atoms with Crippen LogP contribution in [-0.2, 0) is 6.54 Å². The lowest BCUT2D eigenvalue weighted by molar-refractivity contribution is 0.442. The van der Waals surface area contributed by atoms with Crippen LogP contribution in [0.15, 0.2) is 67.0 Å². The van der Waals surface area contributed by atoms with Crippen LogP contribution < -0.4 is 5.32 Å². The number of nitrogens with zero attached hydrogens (tertiary/aromatic N) is 2. The Kier molecular flexibility index (Phi) is 4.83. The number of fused-ring (bicyclic) bond motifs is 1. The van der Waals surface area contributed by atoms with Crippen molar-refractivity contribution in [2.24, 2.45) is 0 Å². The minimum atomic E-state index is 0.736. The summed E-state index contributed by atoms with van der Waals surface area (Å²) in [7, 11) is 0. The largest absolute Gasteiger partial charge is 0.345 e. The summed E-state index contributed by atoms with van der Waals surface area (Å²) < 4.78 is 0. The molecule has 0 aliphatic carbocycles. The average molecular weight is 321 g/mol. The van der Waals surface area contributed by atoms with Crippen LogP contribution in [0.3, 0.4) is 0 Å². The van der Waals surface area contributed by atoms with Crippen LogP contribution in [0.25, 0.3) is 10.8 Å². The highest BCUT2D eigenvalue weighted by molar-refractivity contribution is 7.80. The van der Waals surface area contributed by atoms with Crippen LogP contribution in [-0.4, -0.2) is 21.5 Å². The highest BCUT2D eigenvalue weighted by atomic mass is 32.1. The van der Waals surface area contributed by atoms with E-state index in [2.05, 4.69) is 52.5 Å². The van der Waals surface area contributed by atoms with Crippen molar-refractivity contribution in [2.45, 2.75) is 13.5 Å². The Bertz CT molecular complexity index is 802. The van der Waals surface area contributed by atoms with Gasteiger partial charge in [-0.1, -0.05) is 30.3 Å². The van der Waals surface area contributed by atoms with E-state index < -0.39 is 0 Å². The molecule has 0 unspecified atom stereocenters. The Morgan fingerprint density at radius 1 is 1.04 bits per heavy atom. The number of pyridine rings is 1. The molecule has 23 heavy (non-hydrogen) atoms. The molecule has 0 bridgehead atoms. The summed E-state index contributed by atoms with van der Waals surface area (Å²) in [5.41, 5.74) is 2.21. The number of hydrogen-bond acceptors (Lipinski definition) is 2. The Morgan fingerprint density at radius 3 is 2.52 bits per heavy atom. The van der Waals surface area contributed by atoms with E-state index in [0.717, 1.165) is 23.9 Å². The Hall–Kier alpha value is -2.46. The second kappa shape index (κ2) is 7.20. The summed E-state index contributed by atoms with van der Waals surface area (Å²) in [6.45, 7) is 3.73. The number of thiocarbonyl (C=S) groups is 1. The first kappa shape index (κ1) is 15.4. The van der Waals surface area contributed by atoms with Gasteiger partial charge in [0, 0.05) is 31.2 Å². The van der Waals surface area contributed by atoms with Gasteiger partial charge in [-0.25, -0.2) is 0 Å². The van der Waals surface area contributed by atoms with E-state index in [9.17, 15) is 0 Å². The summed E-state index contributed by atoms with van der Waals surface area (Å²) in [6, 6.07) is 18.6. The summed E-state index contributed by atoms with van der Waals surface area (Å²) in [6.07, 6.45) is 3.62. The molecule has 0 aliphatic rings. The zero-order valence-electron chi connectivity index (χ0n) is 13.1. The highest BCUT2D eigenvalue weighted by Crippen LogP contribution is 2.19. The van der Waals surface area contributed by atoms with Crippen LogP contribution in [0.2, 0.25) is 0 Å². The first-order valence-corrected chi connectivity index (χ1v) is 8.10. The molecule has 0 aliphatic heterocycles. The Balaban J connectivity index is 1.73. The van der Waals surface area contributed by atoms with Crippen LogP contribution in [0.1, 0.15) is 12.5 Å².